The van der Waals surface area contributed by atoms with E-state index in [1.807, 2.05) is 53.1 Å². The summed E-state index contributed by atoms with van der Waals surface area (Å²) >= 11 is 7.44. The molecule has 0 spiro atoms. The van der Waals surface area contributed by atoms with Crippen LogP contribution >= 0.6 is 47.0 Å². The Hall–Kier alpha value is 0.620. The van der Waals surface area contributed by atoms with Gasteiger partial charge in [0.05, 0.1) is 8.47 Å². The number of hydrogen-bond acceptors (Lipinski definition) is 4. The molecule has 0 fully saturated rings. The highest BCUT2D eigenvalue weighted by Crippen LogP contribution is 2.56. The van der Waals surface area contributed by atoms with Crippen molar-refractivity contribution in [2.45, 2.75) is 6.42 Å². The summed E-state index contributed by atoms with van der Waals surface area (Å²) in [6.07, 6.45) is 9.41. The smallest absolute Gasteiger partial charge is 0.0656 e. The number of rotatable bonds is 4. The van der Waals surface area contributed by atoms with E-state index in [4.69, 9.17) is 0 Å². The van der Waals surface area contributed by atoms with E-state index >= 15 is 0 Å². The van der Waals surface area contributed by atoms with Crippen LogP contribution in [0.5, 0.6) is 0 Å². The van der Waals surface area contributed by atoms with Crippen LogP contribution in [0.4, 0.5) is 0 Å². The average Bonchev–Trinajstić information content (AvgIpc) is 2.57. The molecule has 1 heterocycles. The van der Waals surface area contributed by atoms with Gasteiger partial charge in [-0.25, -0.2) is 0 Å². The molecule has 0 bridgehead atoms. The number of thioether (sulfide) groups is 4. The Morgan fingerprint density at radius 3 is 2.15 bits per heavy atom. The maximum absolute atomic E-state index is 3.71. The van der Waals surface area contributed by atoms with Crippen LogP contribution in [0.2, 0.25) is 0 Å². The minimum Gasteiger partial charge on any atom is -0.121 e. The molecule has 0 unspecified atom stereocenters. The van der Waals surface area contributed by atoms with E-state index in [1.165, 1.54) is 12.7 Å². The van der Waals surface area contributed by atoms with Crippen LogP contribution in [-0.2, 0) is 0 Å². The van der Waals surface area contributed by atoms with E-state index in [2.05, 4.69) is 25.2 Å². The predicted molar refractivity (Wildman–Crippen MR) is 72.1 cm³/mol. The molecule has 0 radical (unpaired) electrons. The zero-order valence-electron chi connectivity index (χ0n) is 7.70. The van der Waals surface area contributed by atoms with Gasteiger partial charge in [-0.1, -0.05) is 35.7 Å². The summed E-state index contributed by atoms with van der Waals surface area (Å²) in [5, 5.41) is 0. The predicted octanol–water partition coefficient (Wildman–Crippen LogP) is 4.74. The van der Waals surface area contributed by atoms with Crippen molar-refractivity contribution in [1.82, 2.24) is 0 Å². The largest absolute Gasteiger partial charge is 0.121 e. The topological polar surface area (TPSA) is 0 Å². The summed E-state index contributed by atoms with van der Waals surface area (Å²) in [4.78, 5) is 0. The molecule has 0 amide bonds. The van der Waals surface area contributed by atoms with Gasteiger partial charge in [0.25, 0.3) is 0 Å². The zero-order valence-corrected chi connectivity index (χ0v) is 11.0. The van der Waals surface area contributed by atoms with Crippen molar-refractivity contribution >= 4 is 47.0 Å². The highest BCUT2D eigenvalue weighted by atomic mass is 32.3. The standard InChI is InChI=1S/C9H12S4/c1-4-5-6-7-12-8(10-2)9(11-3)13-7/h4,6H,1,5H2,2-3H3. The molecule has 0 aromatic heterocycles. The molecule has 0 aromatic rings. The van der Waals surface area contributed by atoms with Crippen LogP contribution < -0.4 is 0 Å². The highest BCUT2D eigenvalue weighted by molar-refractivity contribution is 8.40. The molecule has 0 nitrogen and oxygen atoms in total. The molecule has 1 aliphatic rings. The van der Waals surface area contributed by atoms with Gasteiger partial charge < -0.3 is 0 Å². The molecule has 1 rings (SSSR count). The molecular formula is C9H12S4. The Labute approximate surface area is 97.1 Å². The van der Waals surface area contributed by atoms with Gasteiger partial charge in [0.1, 0.15) is 0 Å². The molecule has 0 aromatic carbocycles. The van der Waals surface area contributed by atoms with Crippen molar-refractivity contribution < 1.29 is 0 Å². The second-order valence-electron chi connectivity index (χ2n) is 2.23. The van der Waals surface area contributed by atoms with E-state index < -0.39 is 0 Å². The summed E-state index contributed by atoms with van der Waals surface area (Å²) in [7, 11) is 0. The SMILES string of the molecule is C=CCC=C1SC(SC)=C(SC)S1. The van der Waals surface area contributed by atoms with Crippen LogP contribution in [0, 0.1) is 0 Å². The van der Waals surface area contributed by atoms with Crippen LogP contribution in [0.25, 0.3) is 0 Å². The lowest BCUT2D eigenvalue weighted by Gasteiger charge is -1.94. The van der Waals surface area contributed by atoms with Crippen molar-refractivity contribution in [3.8, 4) is 0 Å². The van der Waals surface area contributed by atoms with Crippen molar-refractivity contribution in [1.29, 1.82) is 0 Å². The second-order valence-corrected chi connectivity index (χ2v) is 6.75. The number of allylic oxidation sites excluding steroid dienone is 2. The first kappa shape index (κ1) is 11.7. The molecule has 72 valence electrons. The zero-order chi connectivity index (χ0) is 9.68. The van der Waals surface area contributed by atoms with E-state index in [0.717, 1.165) is 6.42 Å². The quantitative estimate of drug-likeness (QED) is 0.659. The summed E-state index contributed by atoms with van der Waals surface area (Å²) in [5.74, 6) is 0. The van der Waals surface area contributed by atoms with Crippen LogP contribution in [0.15, 0.2) is 31.4 Å². The maximum atomic E-state index is 3.71. The fourth-order valence-electron chi connectivity index (χ4n) is 0.800. The van der Waals surface area contributed by atoms with E-state index in [1.54, 1.807) is 0 Å². The van der Waals surface area contributed by atoms with Gasteiger partial charge >= 0.3 is 0 Å². The van der Waals surface area contributed by atoms with E-state index in [9.17, 15) is 0 Å². The number of hydrogen-bond donors (Lipinski definition) is 0. The summed E-state index contributed by atoms with van der Waals surface area (Å²) in [5.41, 5.74) is 0. The Morgan fingerprint density at radius 1 is 1.23 bits per heavy atom. The molecule has 0 aliphatic carbocycles. The van der Waals surface area contributed by atoms with Crippen molar-refractivity contribution in [3.63, 3.8) is 0 Å². The summed E-state index contributed by atoms with van der Waals surface area (Å²) in [6, 6.07) is 0. The van der Waals surface area contributed by atoms with Gasteiger partial charge in [0.2, 0.25) is 0 Å². The maximum Gasteiger partial charge on any atom is 0.0656 e. The fraction of sp³-hybridized carbons (Fsp3) is 0.333. The van der Waals surface area contributed by atoms with Gasteiger partial charge in [-0.3, -0.25) is 0 Å². The highest BCUT2D eigenvalue weighted by Gasteiger charge is 2.18. The van der Waals surface area contributed by atoms with Crippen LogP contribution in [0.1, 0.15) is 6.42 Å². The average molecular weight is 248 g/mol. The van der Waals surface area contributed by atoms with Crippen LogP contribution in [-0.4, -0.2) is 12.5 Å². The first-order valence-electron chi connectivity index (χ1n) is 3.80. The monoisotopic (exact) mass is 248 g/mol. The molecule has 0 atom stereocenters. The molecule has 0 N–H and O–H groups in total. The lowest BCUT2D eigenvalue weighted by Crippen LogP contribution is -1.63. The van der Waals surface area contributed by atoms with Crippen molar-refractivity contribution in [3.05, 3.63) is 31.4 Å². The molecule has 0 saturated heterocycles. The second kappa shape index (κ2) is 6.17. The van der Waals surface area contributed by atoms with Gasteiger partial charge in [0, 0.05) is 4.24 Å². The van der Waals surface area contributed by atoms with Crippen molar-refractivity contribution in [2.24, 2.45) is 0 Å². The Balaban J connectivity index is 2.61. The normalized spacial score (nSPS) is 16.6. The molecule has 4 heteroatoms. The third kappa shape index (κ3) is 3.35. The first-order chi connectivity index (χ1) is 6.31. The Kier molecular flexibility index (Phi) is 5.55. The minimum atomic E-state index is 0.971. The third-order valence-corrected chi connectivity index (χ3v) is 6.56. The third-order valence-electron chi connectivity index (χ3n) is 1.38. The van der Waals surface area contributed by atoms with Gasteiger partial charge in [-0.2, -0.15) is 0 Å². The lowest BCUT2D eigenvalue weighted by molar-refractivity contribution is 1.41. The van der Waals surface area contributed by atoms with Gasteiger partial charge in [-0.15, -0.1) is 30.1 Å². The minimum absolute atomic E-state index is 0.971. The van der Waals surface area contributed by atoms with E-state index in [-0.39, 0.29) is 0 Å². The van der Waals surface area contributed by atoms with Gasteiger partial charge in [-0.05, 0) is 18.9 Å². The van der Waals surface area contributed by atoms with E-state index in [0.29, 0.717) is 0 Å². The van der Waals surface area contributed by atoms with Crippen LogP contribution in [0.3, 0.4) is 0 Å². The lowest BCUT2D eigenvalue weighted by atomic mass is 10.4. The van der Waals surface area contributed by atoms with Gasteiger partial charge in [0.15, 0.2) is 0 Å². The molecule has 13 heavy (non-hydrogen) atoms. The Bertz CT molecular complexity index is 234. The summed E-state index contributed by atoms with van der Waals surface area (Å²) < 4.78 is 4.27. The molecular weight excluding hydrogens is 236 g/mol. The first-order valence-corrected chi connectivity index (χ1v) is 7.89. The Morgan fingerprint density at radius 2 is 1.77 bits per heavy atom. The molecule has 1 aliphatic heterocycles. The fourth-order valence-corrected chi connectivity index (χ4v) is 5.71. The van der Waals surface area contributed by atoms with Crippen molar-refractivity contribution in [2.75, 3.05) is 12.5 Å². The molecule has 0 saturated carbocycles. The summed E-state index contributed by atoms with van der Waals surface area (Å²) in [6.45, 7) is 3.71.